The first kappa shape index (κ1) is 17.5. The number of carbonyl (C=O) groups excluding carboxylic acids is 2. The van der Waals surface area contributed by atoms with Gasteiger partial charge >= 0.3 is 5.97 Å². The highest BCUT2D eigenvalue weighted by molar-refractivity contribution is 5.82. The number of benzene rings is 1. The molecule has 1 atom stereocenters. The normalized spacial score (nSPS) is 17.7. The molecule has 1 saturated heterocycles. The maximum absolute atomic E-state index is 12.3. The van der Waals surface area contributed by atoms with Gasteiger partial charge in [0.25, 0.3) is 0 Å². The van der Waals surface area contributed by atoms with Crippen molar-refractivity contribution in [2.45, 2.75) is 39.7 Å². The third kappa shape index (κ3) is 3.67. The fourth-order valence-corrected chi connectivity index (χ4v) is 3.47. The lowest BCUT2D eigenvalue weighted by atomic mass is 10.1. The van der Waals surface area contributed by atoms with Crippen LogP contribution in [0.2, 0.25) is 0 Å². The van der Waals surface area contributed by atoms with Crippen LogP contribution in [0.15, 0.2) is 24.3 Å². The summed E-state index contributed by atoms with van der Waals surface area (Å²) in [5, 5.41) is 0. The number of para-hydroxylation sites is 2. The van der Waals surface area contributed by atoms with E-state index in [0.29, 0.717) is 25.5 Å². The Morgan fingerprint density at radius 1 is 1.36 bits per heavy atom. The Kier molecular flexibility index (Phi) is 5.06. The van der Waals surface area contributed by atoms with Crippen molar-refractivity contribution in [2.75, 3.05) is 19.7 Å². The van der Waals surface area contributed by atoms with Gasteiger partial charge in [-0.25, -0.2) is 4.98 Å². The van der Waals surface area contributed by atoms with Gasteiger partial charge in [-0.2, -0.15) is 0 Å². The van der Waals surface area contributed by atoms with Crippen LogP contribution in [0.3, 0.4) is 0 Å². The SMILES string of the molecule is CCOC(=O)Cn1c(C2CC(=O)N(CC(C)C)C2)nc2ccccc21. The van der Waals surface area contributed by atoms with Crippen LogP contribution in [0, 0.1) is 5.92 Å². The monoisotopic (exact) mass is 343 g/mol. The summed E-state index contributed by atoms with van der Waals surface area (Å²) < 4.78 is 7.02. The quantitative estimate of drug-likeness (QED) is 0.756. The van der Waals surface area contributed by atoms with Gasteiger partial charge in [0, 0.05) is 25.4 Å². The summed E-state index contributed by atoms with van der Waals surface area (Å²) in [6.07, 6.45) is 0.443. The Morgan fingerprint density at radius 2 is 2.12 bits per heavy atom. The van der Waals surface area contributed by atoms with E-state index in [1.165, 1.54) is 0 Å². The van der Waals surface area contributed by atoms with Crippen LogP contribution in [0.25, 0.3) is 11.0 Å². The average molecular weight is 343 g/mol. The van der Waals surface area contributed by atoms with Crippen LogP contribution in [-0.2, 0) is 20.9 Å². The molecule has 0 radical (unpaired) electrons. The molecular formula is C19H25N3O3. The number of nitrogens with zero attached hydrogens (tertiary/aromatic N) is 3. The van der Waals surface area contributed by atoms with E-state index in [4.69, 9.17) is 9.72 Å². The van der Waals surface area contributed by atoms with Gasteiger partial charge in [0.15, 0.2) is 0 Å². The second kappa shape index (κ2) is 7.25. The highest BCUT2D eigenvalue weighted by Gasteiger charge is 2.34. The molecule has 134 valence electrons. The zero-order chi connectivity index (χ0) is 18.0. The minimum absolute atomic E-state index is 0.00748. The molecule has 1 aliphatic rings. The van der Waals surface area contributed by atoms with Crippen molar-refractivity contribution in [1.82, 2.24) is 14.5 Å². The molecule has 1 aliphatic heterocycles. The minimum atomic E-state index is -0.282. The molecule has 2 aromatic rings. The van der Waals surface area contributed by atoms with Crippen LogP contribution in [-0.4, -0.2) is 46.0 Å². The Balaban J connectivity index is 1.93. The summed E-state index contributed by atoms with van der Waals surface area (Å²) in [6.45, 7) is 7.90. The first-order valence-corrected chi connectivity index (χ1v) is 8.88. The number of imidazole rings is 1. The van der Waals surface area contributed by atoms with E-state index in [9.17, 15) is 9.59 Å². The predicted molar refractivity (Wildman–Crippen MR) is 95.1 cm³/mol. The number of hydrogen-bond acceptors (Lipinski definition) is 4. The minimum Gasteiger partial charge on any atom is -0.465 e. The van der Waals surface area contributed by atoms with E-state index >= 15 is 0 Å². The van der Waals surface area contributed by atoms with E-state index in [-0.39, 0.29) is 24.3 Å². The molecule has 1 fully saturated rings. The van der Waals surface area contributed by atoms with E-state index in [2.05, 4.69) is 13.8 Å². The van der Waals surface area contributed by atoms with Gasteiger partial charge in [0.1, 0.15) is 12.4 Å². The molecule has 0 aliphatic carbocycles. The molecule has 0 bridgehead atoms. The fraction of sp³-hybridized carbons (Fsp3) is 0.526. The smallest absolute Gasteiger partial charge is 0.326 e. The number of amides is 1. The molecule has 3 rings (SSSR count). The Labute approximate surface area is 147 Å². The number of fused-ring (bicyclic) bond motifs is 1. The summed E-state index contributed by atoms with van der Waals surface area (Å²) >= 11 is 0. The summed E-state index contributed by atoms with van der Waals surface area (Å²) in [7, 11) is 0. The van der Waals surface area contributed by atoms with Crippen molar-refractivity contribution >= 4 is 22.9 Å². The summed E-state index contributed by atoms with van der Waals surface area (Å²) in [5.41, 5.74) is 1.75. The number of likely N-dealkylation sites (tertiary alicyclic amines) is 1. The number of hydrogen-bond donors (Lipinski definition) is 0. The maximum atomic E-state index is 12.3. The van der Waals surface area contributed by atoms with Crippen LogP contribution in [0.5, 0.6) is 0 Å². The van der Waals surface area contributed by atoms with Crippen molar-refractivity contribution in [3.05, 3.63) is 30.1 Å². The molecule has 1 aromatic heterocycles. The number of ether oxygens (including phenoxy) is 1. The number of rotatable bonds is 6. The average Bonchev–Trinajstić information content (AvgIpc) is 3.09. The molecule has 0 N–H and O–H groups in total. The van der Waals surface area contributed by atoms with Crippen LogP contribution >= 0.6 is 0 Å². The first-order chi connectivity index (χ1) is 12.0. The lowest BCUT2D eigenvalue weighted by Gasteiger charge is -2.19. The lowest BCUT2D eigenvalue weighted by molar-refractivity contribution is -0.143. The molecule has 1 amide bonds. The number of carbonyl (C=O) groups is 2. The van der Waals surface area contributed by atoms with E-state index in [1.54, 1.807) is 6.92 Å². The van der Waals surface area contributed by atoms with Gasteiger partial charge in [-0.15, -0.1) is 0 Å². The van der Waals surface area contributed by atoms with Gasteiger partial charge in [-0.05, 0) is 25.0 Å². The molecular weight excluding hydrogens is 318 g/mol. The predicted octanol–water partition coefficient (Wildman–Crippen LogP) is 2.57. The fourth-order valence-electron chi connectivity index (χ4n) is 3.47. The Hall–Kier alpha value is -2.37. The van der Waals surface area contributed by atoms with Gasteiger partial charge in [0.05, 0.1) is 17.6 Å². The van der Waals surface area contributed by atoms with Gasteiger partial charge in [-0.1, -0.05) is 26.0 Å². The topological polar surface area (TPSA) is 64.4 Å². The third-order valence-corrected chi connectivity index (χ3v) is 4.44. The number of aromatic nitrogens is 2. The molecule has 2 heterocycles. The summed E-state index contributed by atoms with van der Waals surface area (Å²) in [4.78, 5) is 31.0. The molecule has 1 unspecified atom stereocenters. The van der Waals surface area contributed by atoms with Gasteiger partial charge in [-0.3, -0.25) is 9.59 Å². The zero-order valence-corrected chi connectivity index (χ0v) is 15.1. The molecule has 6 heteroatoms. The van der Waals surface area contributed by atoms with Crippen molar-refractivity contribution in [3.8, 4) is 0 Å². The molecule has 1 aromatic carbocycles. The van der Waals surface area contributed by atoms with Crippen LogP contribution in [0.1, 0.15) is 38.9 Å². The second-order valence-electron chi connectivity index (χ2n) is 6.94. The maximum Gasteiger partial charge on any atom is 0.326 e. The molecule has 0 spiro atoms. The zero-order valence-electron chi connectivity index (χ0n) is 15.1. The summed E-state index contributed by atoms with van der Waals surface area (Å²) in [6, 6.07) is 7.75. The van der Waals surface area contributed by atoms with E-state index in [0.717, 1.165) is 23.4 Å². The van der Waals surface area contributed by atoms with Gasteiger partial charge in [0.2, 0.25) is 5.91 Å². The first-order valence-electron chi connectivity index (χ1n) is 8.88. The van der Waals surface area contributed by atoms with Gasteiger partial charge < -0.3 is 14.2 Å². The largest absolute Gasteiger partial charge is 0.465 e. The van der Waals surface area contributed by atoms with Crippen LogP contribution < -0.4 is 0 Å². The summed E-state index contributed by atoms with van der Waals surface area (Å²) in [5.74, 6) is 1.12. The number of esters is 1. The highest BCUT2D eigenvalue weighted by atomic mass is 16.5. The molecule has 6 nitrogen and oxygen atoms in total. The molecule has 25 heavy (non-hydrogen) atoms. The molecule has 0 saturated carbocycles. The van der Waals surface area contributed by atoms with Crippen molar-refractivity contribution in [2.24, 2.45) is 5.92 Å². The standard InChI is InChI=1S/C19H25N3O3/c1-4-25-18(24)12-22-16-8-6-5-7-15(16)20-19(22)14-9-17(23)21(11-14)10-13(2)3/h5-8,13-14H,4,9-12H2,1-3H3. The van der Waals surface area contributed by atoms with Crippen molar-refractivity contribution in [3.63, 3.8) is 0 Å². The highest BCUT2D eigenvalue weighted by Crippen LogP contribution is 2.30. The Morgan fingerprint density at radius 3 is 2.84 bits per heavy atom. The lowest BCUT2D eigenvalue weighted by Crippen LogP contribution is -2.29. The van der Waals surface area contributed by atoms with Crippen molar-refractivity contribution in [1.29, 1.82) is 0 Å². The van der Waals surface area contributed by atoms with E-state index in [1.807, 2.05) is 33.7 Å². The van der Waals surface area contributed by atoms with Crippen molar-refractivity contribution < 1.29 is 14.3 Å². The Bertz CT molecular complexity index is 781. The van der Waals surface area contributed by atoms with E-state index < -0.39 is 0 Å². The third-order valence-electron chi connectivity index (χ3n) is 4.44. The second-order valence-corrected chi connectivity index (χ2v) is 6.94. The van der Waals surface area contributed by atoms with Crippen LogP contribution in [0.4, 0.5) is 0 Å².